The summed E-state index contributed by atoms with van der Waals surface area (Å²) in [4.78, 5) is 28.4. The predicted octanol–water partition coefficient (Wildman–Crippen LogP) is 1.45. The molecule has 0 saturated heterocycles. The van der Waals surface area contributed by atoms with Crippen molar-refractivity contribution in [2.45, 2.75) is 44.9 Å². The van der Waals surface area contributed by atoms with Gasteiger partial charge in [-0.1, -0.05) is 6.92 Å². The highest BCUT2D eigenvalue weighted by Gasteiger charge is 2.75. The van der Waals surface area contributed by atoms with E-state index in [-0.39, 0.29) is 11.8 Å². The fourth-order valence-corrected chi connectivity index (χ4v) is 5.68. The minimum Gasteiger partial charge on any atom is -0.389 e. The molecular weight excluding hydrogens is 440 g/mol. The predicted molar refractivity (Wildman–Crippen MR) is 125 cm³/mol. The number of imidazole rings is 1. The van der Waals surface area contributed by atoms with E-state index in [1.54, 1.807) is 29.3 Å². The zero-order valence-corrected chi connectivity index (χ0v) is 19.5. The molecule has 0 aromatic carbocycles. The molecule has 0 radical (unpaired) electrons. The van der Waals surface area contributed by atoms with Crippen LogP contribution in [0.25, 0.3) is 11.2 Å². The summed E-state index contributed by atoms with van der Waals surface area (Å²) in [6.07, 6.45) is 0.766. The lowest BCUT2D eigenvalue weighted by molar-refractivity contribution is -0.132. The van der Waals surface area contributed by atoms with Crippen LogP contribution in [0.5, 0.6) is 0 Å². The quantitative estimate of drug-likeness (QED) is 0.420. The van der Waals surface area contributed by atoms with Crippen molar-refractivity contribution in [1.82, 2.24) is 24.8 Å². The van der Waals surface area contributed by atoms with Gasteiger partial charge in [-0.2, -0.15) is 0 Å². The molecule has 0 aliphatic heterocycles. The number of fused-ring (bicyclic) bond motifs is 2. The molecule has 33 heavy (non-hydrogen) atoms. The SMILES string of the molecule is CCCNc1nc(C#Cc2ccc(C)s2)nc2c1ncn2[C@H]1C(O)C(O)[C@]2(C(=O)NC)CC12. The zero-order valence-electron chi connectivity index (χ0n) is 18.7. The molecule has 3 aromatic heterocycles. The van der Waals surface area contributed by atoms with Crippen LogP contribution in [0, 0.1) is 30.1 Å². The van der Waals surface area contributed by atoms with Crippen LogP contribution >= 0.6 is 11.3 Å². The first-order chi connectivity index (χ1) is 15.9. The summed E-state index contributed by atoms with van der Waals surface area (Å²) in [5.74, 6) is 6.64. The number of aliphatic hydroxyl groups excluding tert-OH is 2. The molecule has 5 rings (SSSR count). The van der Waals surface area contributed by atoms with Gasteiger partial charge in [-0.05, 0) is 43.7 Å². The van der Waals surface area contributed by atoms with E-state index in [4.69, 9.17) is 0 Å². The number of anilines is 1. The van der Waals surface area contributed by atoms with Gasteiger partial charge < -0.3 is 25.4 Å². The Morgan fingerprint density at radius 1 is 1.33 bits per heavy atom. The van der Waals surface area contributed by atoms with Crippen LogP contribution < -0.4 is 10.6 Å². The first-order valence-electron chi connectivity index (χ1n) is 11.1. The number of nitrogens with one attached hydrogen (secondary N) is 2. The molecule has 5 atom stereocenters. The maximum atomic E-state index is 12.5. The Morgan fingerprint density at radius 2 is 2.15 bits per heavy atom. The second-order valence-electron chi connectivity index (χ2n) is 8.66. The lowest BCUT2D eigenvalue weighted by Crippen LogP contribution is -2.41. The number of amides is 1. The first-order valence-corrected chi connectivity index (χ1v) is 11.9. The fourth-order valence-electron chi connectivity index (χ4n) is 4.96. The van der Waals surface area contributed by atoms with E-state index in [1.807, 2.05) is 19.1 Å². The highest BCUT2D eigenvalue weighted by Crippen LogP contribution is 2.67. The minimum atomic E-state index is -1.15. The molecule has 3 aromatic rings. The van der Waals surface area contributed by atoms with Crippen LogP contribution in [0.4, 0.5) is 5.82 Å². The van der Waals surface area contributed by atoms with Crippen LogP contribution in [0.3, 0.4) is 0 Å². The van der Waals surface area contributed by atoms with Gasteiger partial charge in [0, 0.05) is 24.4 Å². The second kappa shape index (κ2) is 8.09. The van der Waals surface area contributed by atoms with Gasteiger partial charge in [0.2, 0.25) is 11.7 Å². The number of nitrogens with zero attached hydrogens (tertiary/aromatic N) is 4. The van der Waals surface area contributed by atoms with Crippen molar-refractivity contribution in [3.63, 3.8) is 0 Å². The molecule has 2 saturated carbocycles. The van der Waals surface area contributed by atoms with Crippen LogP contribution in [-0.2, 0) is 4.79 Å². The average molecular weight is 467 g/mol. The summed E-state index contributed by atoms with van der Waals surface area (Å²) in [6, 6.07) is 3.47. The highest BCUT2D eigenvalue weighted by molar-refractivity contribution is 7.12. The number of carbonyl (C=O) groups excluding carboxylic acids is 1. The third kappa shape index (κ3) is 3.39. The number of aromatic nitrogens is 4. The number of thiophene rings is 1. The molecule has 3 heterocycles. The van der Waals surface area contributed by atoms with Crippen LogP contribution in [0.2, 0.25) is 0 Å². The zero-order chi connectivity index (χ0) is 23.3. The maximum absolute atomic E-state index is 12.5. The van der Waals surface area contributed by atoms with Gasteiger partial charge in [-0.25, -0.2) is 15.0 Å². The number of carbonyl (C=O) groups is 1. The van der Waals surface area contributed by atoms with Gasteiger partial charge in [0.05, 0.1) is 28.8 Å². The van der Waals surface area contributed by atoms with E-state index >= 15 is 0 Å². The van der Waals surface area contributed by atoms with Gasteiger partial charge in [-0.3, -0.25) is 4.79 Å². The Labute approximate surface area is 195 Å². The molecule has 10 heteroatoms. The highest BCUT2D eigenvalue weighted by atomic mass is 32.1. The van der Waals surface area contributed by atoms with Gasteiger partial charge in [0.1, 0.15) is 6.10 Å². The second-order valence-corrected chi connectivity index (χ2v) is 9.95. The van der Waals surface area contributed by atoms with Crippen molar-refractivity contribution in [3.8, 4) is 11.8 Å². The topological polar surface area (TPSA) is 125 Å². The molecule has 1 amide bonds. The van der Waals surface area contributed by atoms with Crippen LogP contribution in [-0.4, -0.2) is 61.4 Å². The number of rotatable bonds is 5. The lowest BCUT2D eigenvalue weighted by Gasteiger charge is -2.23. The number of hydrogen-bond acceptors (Lipinski definition) is 8. The average Bonchev–Trinajstić information content (AvgIpc) is 3.06. The van der Waals surface area contributed by atoms with Crippen molar-refractivity contribution >= 4 is 34.2 Å². The monoisotopic (exact) mass is 466 g/mol. The van der Waals surface area contributed by atoms with Gasteiger partial charge in [-0.15, -0.1) is 11.3 Å². The van der Waals surface area contributed by atoms with E-state index in [2.05, 4.69) is 44.4 Å². The molecule has 2 aliphatic rings. The number of aliphatic hydroxyl groups is 2. The van der Waals surface area contributed by atoms with E-state index in [9.17, 15) is 15.0 Å². The molecule has 4 N–H and O–H groups in total. The smallest absolute Gasteiger partial charge is 0.229 e. The Balaban J connectivity index is 1.58. The summed E-state index contributed by atoms with van der Waals surface area (Å²) in [7, 11) is 1.55. The third-order valence-electron chi connectivity index (χ3n) is 6.65. The van der Waals surface area contributed by atoms with Crippen molar-refractivity contribution in [2.75, 3.05) is 18.9 Å². The Hall–Kier alpha value is -3.00. The maximum Gasteiger partial charge on any atom is 0.229 e. The standard InChI is InChI=1S/C23H26N6O3S/c1-4-9-25-20-16-21(28-15(27-20)8-7-13-6-5-12(2)33-13)29(11-26-16)17-14-10-23(14,22(32)24-3)19(31)18(17)30/h5-6,11,14,17-19,30-31H,4,9-10H2,1-3H3,(H,24,32)(H,25,27,28)/t14?,17-,18?,19?,23+/m1/s1. The van der Waals surface area contributed by atoms with Crippen LogP contribution in [0.1, 0.15) is 41.4 Å². The van der Waals surface area contributed by atoms with Gasteiger partial charge in [0.25, 0.3) is 0 Å². The molecule has 2 fully saturated rings. The van der Waals surface area contributed by atoms with Crippen molar-refractivity contribution in [3.05, 3.63) is 34.0 Å². The molecule has 3 unspecified atom stereocenters. The summed E-state index contributed by atoms with van der Waals surface area (Å²) < 4.78 is 1.77. The fraction of sp³-hybridized carbons (Fsp3) is 0.478. The molecule has 2 aliphatic carbocycles. The Morgan fingerprint density at radius 3 is 2.85 bits per heavy atom. The number of aryl methyl sites for hydroxylation is 1. The first kappa shape index (κ1) is 21.8. The summed E-state index contributed by atoms with van der Waals surface area (Å²) in [5, 5.41) is 27.5. The third-order valence-corrected chi connectivity index (χ3v) is 7.56. The molecule has 172 valence electrons. The summed E-state index contributed by atoms with van der Waals surface area (Å²) in [5.41, 5.74) is 0.123. The lowest BCUT2D eigenvalue weighted by atomic mass is 9.98. The normalized spacial score (nSPS) is 27.7. The van der Waals surface area contributed by atoms with Crippen molar-refractivity contribution in [1.29, 1.82) is 0 Å². The largest absolute Gasteiger partial charge is 0.389 e. The van der Waals surface area contributed by atoms with Crippen molar-refractivity contribution < 1.29 is 15.0 Å². The van der Waals surface area contributed by atoms with E-state index in [0.29, 0.717) is 35.8 Å². The Bertz CT molecular complexity index is 1290. The van der Waals surface area contributed by atoms with Crippen molar-refractivity contribution in [2.24, 2.45) is 11.3 Å². The van der Waals surface area contributed by atoms with E-state index in [0.717, 1.165) is 11.3 Å². The molecule has 0 spiro atoms. The molecule has 9 nitrogen and oxygen atoms in total. The minimum absolute atomic E-state index is 0.203. The Kier molecular flexibility index (Phi) is 5.35. The summed E-state index contributed by atoms with van der Waals surface area (Å²) in [6.45, 7) is 4.80. The summed E-state index contributed by atoms with van der Waals surface area (Å²) >= 11 is 1.60. The van der Waals surface area contributed by atoms with Gasteiger partial charge >= 0.3 is 0 Å². The van der Waals surface area contributed by atoms with E-state index in [1.165, 1.54) is 4.88 Å². The number of hydrogen-bond donors (Lipinski definition) is 4. The van der Waals surface area contributed by atoms with Gasteiger partial charge in [0.15, 0.2) is 17.0 Å². The van der Waals surface area contributed by atoms with Crippen LogP contribution in [0.15, 0.2) is 18.5 Å². The molecule has 0 bridgehead atoms. The molecular formula is C23H26N6O3S. The van der Waals surface area contributed by atoms with E-state index < -0.39 is 23.7 Å².